The van der Waals surface area contributed by atoms with Crippen LogP contribution >= 0.6 is 0 Å². The van der Waals surface area contributed by atoms with E-state index >= 15 is 0 Å². The van der Waals surface area contributed by atoms with Gasteiger partial charge in [0.05, 0.1) is 17.2 Å². The number of amides is 2. The van der Waals surface area contributed by atoms with Crippen molar-refractivity contribution >= 4 is 17.4 Å². The Morgan fingerprint density at radius 3 is 2.56 bits per heavy atom. The van der Waals surface area contributed by atoms with Crippen LogP contribution in [0.3, 0.4) is 0 Å². The zero-order valence-corrected chi connectivity index (χ0v) is 13.7. The second-order valence-corrected chi connectivity index (χ2v) is 5.91. The molecule has 1 aromatic heterocycles. The van der Waals surface area contributed by atoms with E-state index in [9.17, 15) is 14.9 Å². The minimum atomic E-state index is -0.478. The highest BCUT2D eigenvalue weighted by Gasteiger charge is 2.25. The lowest BCUT2D eigenvalue weighted by atomic mass is 10.2. The molecule has 1 saturated heterocycles. The molecule has 0 aliphatic carbocycles. The Hall–Kier alpha value is -2.87. The summed E-state index contributed by atoms with van der Waals surface area (Å²) in [4.78, 5) is 24.6. The maximum atomic E-state index is 12.1. The number of carbonyl (C=O) groups excluding carboxylic acids is 1. The molecule has 2 amide bonds. The van der Waals surface area contributed by atoms with Gasteiger partial charge in [0.1, 0.15) is 5.76 Å². The first-order valence-electron chi connectivity index (χ1n) is 8.20. The van der Waals surface area contributed by atoms with Crippen LogP contribution in [0.1, 0.15) is 24.6 Å². The average molecular weight is 344 g/mol. The van der Waals surface area contributed by atoms with Crippen LogP contribution in [0.25, 0.3) is 0 Å². The van der Waals surface area contributed by atoms with E-state index in [1.54, 1.807) is 6.26 Å². The third-order valence-corrected chi connectivity index (χ3v) is 4.24. The van der Waals surface area contributed by atoms with Gasteiger partial charge in [0.2, 0.25) is 0 Å². The van der Waals surface area contributed by atoms with Crippen molar-refractivity contribution in [1.29, 1.82) is 0 Å². The van der Waals surface area contributed by atoms with Crippen molar-refractivity contribution < 1.29 is 14.1 Å². The first-order valence-corrected chi connectivity index (χ1v) is 8.20. The molecule has 1 fully saturated rings. The van der Waals surface area contributed by atoms with Gasteiger partial charge in [-0.05, 0) is 50.2 Å². The maximum absolute atomic E-state index is 12.1. The van der Waals surface area contributed by atoms with Gasteiger partial charge in [-0.25, -0.2) is 4.79 Å². The SMILES string of the molecule is O=C(NC[C@H](c1ccco1)N1CCCC1)Nc1ccc([N+](=O)[O-])cc1. The van der Waals surface area contributed by atoms with Gasteiger partial charge in [-0.3, -0.25) is 15.0 Å². The smallest absolute Gasteiger partial charge is 0.319 e. The number of rotatable bonds is 6. The number of anilines is 1. The predicted octanol–water partition coefficient (Wildman–Crippen LogP) is 3.15. The molecule has 2 N–H and O–H groups in total. The van der Waals surface area contributed by atoms with Gasteiger partial charge < -0.3 is 15.1 Å². The Balaban J connectivity index is 1.57. The second kappa shape index (κ2) is 7.80. The summed E-state index contributed by atoms with van der Waals surface area (Å²) in [5.74, 6) is 0.831. The molecule has 0 saturated carbocycles. The average Bonchev–Trinajstić information content (AvgIpc) is 3.29. The number of nitro benzene ring substituents is 1. The monoisotopic (exact) mass is 344 g/mol. The Kier molecular flexibility index (Phi) is 5.30. The lowest BCUT2D eigenvalue weighted by Gasteiger charge is -2.26. The molecule has 0 spiro atoms. The van der Waals surface area contributed by atoms with Gasteiger partial charge in [-0.2, -0.15) is 0 Å². The van der Waals surface area contributed by atoms with Crippen molar-refractivity contribution in [2.24, 2.45) is 0 Å². The zero-order valence-electron chi connectivity index (χ0n) is 13.7. The molecule has 0 bridgehead atoms. The van der Waals surface area contributed by atoms with Crippen LogP contribution in [-0.2, 0) is 0 Å². The summed E-state index contributed by atoms with van der Waals surface area (Å²) in [6, 6.07) is 9.11. The minimum absolute atomic E-state index is 0.000103. The Labute approximate surface area is 145 Å². The number of non-ortho nitro benzene ring substituents is 1. The largest absolute Gasteiger partial charge is 0.468 e. The fourth-order valence-corrected chi connectivity index (χ4v) is 2.97. The van der Waals surface area contributed by atoms with Crippen molar-refractivity contribution in [1.82, 2.24) is 10.2 Å². The number of furan rings is 1. The van der Waals surface area contributed by atoms with Crippen molar-refractivity contribution in [2.75, 3.05) is 25.0 Å². The van der Waals surface area contributed by atoms with Gasteiger partial charge in [0, 0.05) is 24.4 Å². The van der Waals surface area contributed by atoms with Gasteiger partial charge in [-0.1, -0.05) is 0 Å². The first-order chi connectivity index (χ1) is 12.1. The van der Waals surface area contributed by atoms with Gasteiger partial charge >= 0.3 is 6.03 Å². The third-order valence-electron chi connectivity index (χ3n) is 4.24. The summed E-state index contributed by atoms with van der Waals surface area (Å²) >= 11 is 0. The van der Waals surface area contributed by atoms with Gasteiger partial charge in [0.25, 0.3) is 5.69 Å². The topological polar surface area (TPSA) is 101 Å². The van der Waals surface area contributed by atoms with Crippen molar-refractivity contribution in [3.8, 4) is 0 Å². The molecule has 1 atom stereocenters. The van der Waals surface area contributed by atoms with Crippen molar-refractivity contribution in [3.63, 3.8) is 0 Å². The number of nitro groups is 1. The lowest BCUT2D eigenvalue weighted by molar-refractivity contribution is -0.384. The van der Waals surface area contributed by atoms with E-state index in [-0.39, 0.29) is 17.8 Å². The molecule has 1 aliphatic heterocycles. The standard InChI is InChI=1S/C17H20N4O4/c22-17(19-13-5-7-14(8-6-13)21(23)24)18-12-15(16-4-3-11-25-16)20-9-1-2-10-20/h3-8,11,15H,1-2,9-10,12H2,(H2,18,19,22)/t15-/m1/s1. The van der Waals surface area contributed by atoms with Crippen molar-refractivity contribution in [3.05, 3.63) is 58.5 Å². The number of hydrogen-bond donors (Lipinski definition) is 2. The number of hydrogen-bond acceptors (Lipinski definition) is 5. The molecule has 8 heteroatoms. The van der Waals surface area contributed by atoms with Crippen molar-refractivity contribution in [2.45, 2.75) is 18.9 Å². The fraction of sp³-hybridized carbons (Fsp3) is 0.353. The number of nitrogens with one attached hydrogen (secondary N) is 2. The van der Waals surface area contributed by atoms with Crippen LogP contribution < -0.4 is 10.6 Å². The normalized spacial score (nSPS) is 15.7. The zero-order chi connectivity index (χ0) is 17.6. The number of urea groups is 1. The molecule has 132 valence electrons. The number of nitrogens with zero attached hydrogens (tertiary/aromatic N) is 2. The Morgan fingerprint density at radius 1 is 1.24 bits per heavy atom. The Morgan fingerprint density at radius 2 is 1.96 bits per heavy atom. The Bertz CT molecular complexity index is 709. The molecule has 1 aromatic carbocycles. The highest BCUT2D eigenvalue weighted by molar-refractivity contribution is 5.89. The second-order valence-electron chi connectivity index (χ2n) is 5.91. The van der Waals surface area contributed by atoms with Gasteiger partial charge in [-0.15, -0.1) is 0 Å². The van der Waals surface area contributed by atoms with Crippen LogP contribution in [0.2, 0.25) is 0 Å². The van der Waals surface area contributed by atoms with E-state index in [0.29, 0.717) is 12.2 Å². The molecule has 8 nitrogen and oxygen atoms in total. The summed E-state index contributed by atoms with van der Waals surface area (Å²) in [5.41, 5.74) is 0.483. The highest BCUT2D eigenvalue weighted by atomic mass is 16.6. The number of carbonyl (C=O) groups is 1. The van der Waals surface area contributed by atoms with Crippen LogP contribution in [0.5, 0.6) is 0 Å². The molecule has 2 aromatic rings. The first kappa shape index (κ1) is 17.0. The van der Waals surface area contributed by atoms with E-state index in [4.69, 9.17) is 4.42 Å². The summed E-state index contributed by atoms with van der Waals surface area (Å²) in [6.07, 6.45) is 3.92. The lowest BCUT2D eigenvalue weighted by Crippen LogP contribution is -2.38. The molecule has 3 rings (SSSR count). The summed E-state index contributed by atoms with van der Waals surface area (Å²) < 4.78 is 5.52. The third kappa shape index (κ3) is 4.36. The van der Waals surface area contributed by atoms with E-state index < -0.39 is 4.92 Å². The highest BCUT2D eigenvalue weighted by Crippen LogP contribution is 2.25. The summed E-state index contributed by atoms with van der Waals surface area (Å²) in [7, 11) is 0. The molecule has 1 aliphatic rings. The van der Waals surface area contributed by atoms with E-state index in [1.165, 1.54) is 24.3 Å². The summed E-state index contributed by atoms with van der Waals surface area (Å²) in [6.45, 7) is 2.39. The van der Waals surface area contributed by atoms with Crippen LogP contribution in [-0.4, -0.2) is 35.5 Å². The quantitative estimate of drug-likeness (QED) is 0.619. The molecule has 2 heterocycles. The summed E-state index contributed by atoms with van der Waals surface area (Å²) in [5, 5.41) is 16.2. The molecule has 25 heavy (non-hydrogen) atoms. The predicted molar refractivity (Wildman–Crippen MR) is 92.4 cm³/mol. The molecular formula is C17H20N4O4. The molecule has 0 radical (unpaired) electrons. The number of likely N-dealkylation sites (tertiary alicyclic amines) is 1. The number of benzene rings is 1. The van der Waals surface area contributed by atoms with Crippen LogP contribution in [0, 0.1) is 10.1 Å². The molecule has 0 unspecified atom stereocenters. The fourth-order valence-electron chi connectivity index (χ4n) is 2.97. The minimum Gasteiger partial charge on any atom is -0.468 e. The van der Waals surface area contributed by atoms with E-state index in [0.717, 1.165) is 31.7 Å². The molecular weight excluding hydrogens is 324 g/mol. The van der Waals surface area contributed by atoms with E-state index in [1.807, 2.05) is 12.1 Å². The van der Waals surface area contributed by atoms with Crippen LogP contribution in [0.4, 0.5) is 16.2 Å². The maximum Gasteiger partial charge on any atom is 0.319 e. The van der Waals surface area contributed by atoms with Gasteiger partial charge in [0.15, 0.2) is 0 Å². The van der Waals surface area contributed by atoms with E-state index in [2.05, 4.69) is 15.5 Å². The van der Waals surface area contributed by atoms with Crippen LogP contribution in [0.15, 0.2) is 47.1 Å².